The Kier molecular flexibility index (Phi) is 23.9. The minimum absolute atomic E-state index is 0.00566. The highest BCUT2D eigenvalue weighted by molar-refractivity contribution is 5.98. The number of aliphatic hydroxyl groups excluding tert-OH is 1. The molecule has 1 aliphatic rings. The van der Waals surface area contributed by atoms with Gasteiger partial charge in [-0.1, -0.05) is 44.2 Å². The van der Waals surface area contributed by atoms with E-state index in [2.05, 4.69) is 47.9 Å². The van der Waals surface area contributed by atoms with Gasteiger partial charge < -0.3 is 75.9 Å². The maximum atomic E-state index is 14.2. The molecule has 0 saturated carbocycles. The summed E-state index contributed by atoms with van der Waals surface area (Å²) in [5, 5.41) is 33.7. The molecule has 0 bridgehead atoms. The lowest BCUT2D eigenvalue weighted by molar-refractivity contribution is -0.136. The topological polar surface area (TPSA) is 386 Å². The second-order valence-corrected chi connectivity index (χ2v) is 16.1. The molecular formula is C41H69N13O10. The molecule has 2 rings (SSSR count). The summed E-state index contributed by atoms with van der Waals surface area (Å²) in [7, 11) is 0. The lowest BCUT2D eigenvalue weighted by Gasteiger charge is -2.28. The van der Waals surface area contributed by atoms with E-state index in [-0.39, 0.29) is 83.6 Å². The van der Waals surface area contributed by atoms with Crippen molar-refractivity contribution in [2.75, 3.05) is 32.7 Å². The van der Waals surface area contributed by atoms with E-state index in [4.69, 9.17) is 22.9 Å². The van der Waals surface area contributed by atoms with Crippen molar-refractivity contribution in [3.8, 4) is 0 Å². The van der Waals surface area contributed by atoms with Crippen LogP contribution in [-0.2, 0) is 49.6 Å². The molecule has 23 heteroatoms. The zero-order valence-corrected chi connectivity index (χ0v) is 37.1. The van der Waals surface area contributed by atoms with Gasteiger partial charge in [0.15, 0.2) is 0 Å². The average Bonchev–Trinajstić information content (AvgIpc) is 3.23. The van der Waals surface area contributed by atoms with Gasteiger partial charge in [0.1, 0.15) is 48.3 Å². The summed E-state index contributed by atoms with van der Waals surface area (Å²) in [5.74, 6) is -7.44. The van der Waals surface area contributed by atoms with Crippen molar-refractivity contribution in [3.63, 3.8) is 0 Å². The maximum Gasteiger partial charge on any atom is 0.245 e. The lowest BCUT2D eigenvalue weighted by Crippen LogP contribution is -2.61. The molecule has 1 aromatic rings. The summed E-state index contributed by atoms with van der Waals surface area (Å²) < 4.78 is 0. The van der Waals surface area contributed by atoms with E-state index in [0.717, 1.165) is 0 Å². The molecule has 0 aliphatic carbocycles. The van der Waals surface area contributed by atoms with E-state index in [1.165, 1.54) is 13.8 Å². The number of amides is 9. The Morgan fingerprint density at radius 2 is 1.12 bits per heavy atom. The van der Waals surface area contributed by atoms with Gasteiger partial charge in [-0.25, -0.2) is 0 Å². The molecular weight excluding hydrogens is 835 g/mol. The minimum Gasteiger partial charge on any atom is -0.391 e. The van der Waals surface area contributed by atoms with Crippen molar-refractivity contribution in [1.29, 1.82) is 0 Å². The number of benzene rings is 1. The fourth-order valence-electron chi connectivity index (χ4n) is 6.76. The molecule has 18 N–H and O–H groups in total. The predicted octanol–water partition coefficient (Wildman–Crippen LogP) is -5.53. The van der Waals surface area contributed by atoms with Crippen LogP contribution in [0.25, 0.3) is 0 Å². The van der Waals surface area contributed by atoms with Gasteiger partial charge in [0.05, 0.1) is 6.10 Å². The minimum atomic E-state index is -1.59. The molecule has 0 aromatic heterocycles. The standard InChI is InChI=1S/C41H69N13O10/c1-22(2)20-31-39(62)50-27(11-16-43)35(58)49-29(13-18-45)38(61)54-33(23(3)55)41(64)46-19-14-30(51-34(57)26(10-15-42)47-24(4)56)37(60)48-28(12-17-44)36(59)53-32(40(63)52-31)21-25-8-6-5-7-9-25/h5-9,22-23,26-33,55H,10-21,42-45H2,1-4H3,(H,46,64)(H,47,56)(H,48,60)(H,49,58)(H,50,62)(H,51,57)(H,52,63)(H,53,59)(H,54,61)/t23-,26+,27+,28+,29+,30+,31+,32-,33+/m1/s1. The van der Waals surface area contributed by atoms with E-state index in [1.54, 1.807) is 30.3 Å². The van der Waals surface area contributed by atoms with Crippen molar-refractivity contribution < 1.29 is 48.3 Å². The van der Waals surface area contributed by atoms with Gasteiger partial charge in [0, 0.05) is 19.9 Å². The molecule has 358 valence electrons. The van der Waals surface area contributed by atoms with Gasteiger partial charge in [-0.15, -0.1) is 0 Å². The van der Waals surface area contributed by atoms with Gasteiger partial charge in [0.2, 0.25) is 53.2 Å². The molecule has 0 spiro atoms. The lowest BCUT2D eigenvalue weighted by atomic mass is 10.00. The monoisotopic (exact) mass is 904 g/mol. The SMILES string of the molecule is CC(=O)N[C@@H](CCN)C(=O)N[C@H]1CCNC(=O)[C@H]([C@@H](C)O)NC(=O)[C@H](CCN)NC(=O)[C@H](CCN)NC(=O)[C@H](CC(C)C)NC(=O)[C@@H](Cc2ccccc2)NC(=O)[C@H](CCN)NC1=O. The molecule has 0 unspecified atom stereocenters. The zero-order chi connectivity index (χ0) is 47.9. The highest BCUT2D eigenvalue weighted by Crippen LogP contribution is 2.11. The van der Waals surface area contributed by atoms with Gasteiger partial charge in [-0.3, -0.25) is 43.2 Å². The summed E-state index contributed by atoms with van der Waals surface area (Å²) in [6.45, 7) is 5.39. The normalized spacial score (nSPS) is 24.7. The molecule has 9 atom stereocenters. The Hall–Kier alpha value is -5.75. The van der Waals surface area contributed by atoms with E-state index in [9.17, 15) is 48.3 Å². The summed E-state index contributed by atoms with van der Waals surface area (Å²) >= 11 is 0. The van der Waals surface area contributed by atoms with Gasteiger partial charge >= 0.3 is 0 Å². The Labute approximate surface area is 373 Å². The fraction of sp³-hybridized carbons (Fsp3) is 0.634. The Morgan fingerprint density at radius 3 is 1.61 bits per heavy atom. The third kappa shape index (κ3) is 18.5. The van der Waals surface area contributed by atoms with E-state index >= 15 is 0 Å². The summed E-state index contributed by atoms with van der Waals surface area (Å²) in [6.07, 6.45) is -2.12. The van der Waals surface area contributed by atoms with Crippen LogP contribution in [0.4, 0.5) is 0 Å². The molecule has 9 amide bonds. The van der Waals surface area contributed by atoms with Crippen molar-refractivity contribution in [1.82, 2.24) is 47.9 Å². The van der Waals surface area contributed by atoms with Crippen molar-refractivity contribution in [3.05, 3.63) is 35.9 Å². The molecule has 1 heterocycles. The molecule has 64 heavy (non-hydrogen) atoms. The van der Waals surface area contributed by atoms with Gasteiger partial charge in [0.25, 0.3) is 0 Å². The number of nitrogens with two attached hydrogens (primary N) is 4. The van der Waals surface area contributed by atoms with Crippen LogP contribution in [0.15, 0.2) is 30.3 Å². The smallest absolute Gasteiger partial charge is 0.245 e. The van der Waals surface area contributed by atoms with Crippen molar-refractivity contribution in [2.45, 2.75) is 127 Å². The Morgan fingerprint density at radius 1 is 0.656 bits per heavy atom. The third-order valence-corrected chi connectivity index (χ3v) is 10.1. The summed E-state index contributed by atoms with van der Waals surface area (Å²) in [6, 6.07) is -2.14. The third-order valence-electron chi connectivity index (χ3n) is 10.1. The van der Waals surface area contributed by atoms with Gasteiger partial charge in [-0.2, -0.15) is 0 Å². The van der Waals surface area contributed by atoms with E-state index in [0.29, 0.717) is 5.56 Å². The van der Waals surface area contributed by atoms with Crippen LogP contribution < -0.4 is 70.8 Å². The van der Waals surface area contributed by atoms with Gasteiger partial charge in [-0.05, 0) is 83.1 Å². The first-order valence-corrected chi connectivity index (χ1v) is 21.5. The number of hydrogen-bond donors (Lipinski definition) is 14. The molecule has 1 aromatic carbocycles. The molecule has 1 fully saturated rings. The first kappa shape index (κ1) is 54.4. The number of carbonyl (C=O) groups excluding carboxylic acids is 9. The van der Waals surface area contributed by atoms with E-state index < -0.39 is 108 Å². The predicted molar refractivity (Wildman–Crippen MR) is 235 cm³/mol. The largest absolute Gasteiger partial charge is 0.391 e. The number of aliphatic hydroxyl groups is 1. The van der Waals surface area contributed by atoms with Crippen LogP contribution in [0.3, 0.4) is 0 Å². The average molecular weight is 904 g/mol. The highest BCUT2D eigenvalue weighted by Gasteiger charge is 2.36. The zero-order valence-electron chi connectivity index (χ0n) is 37.1. The van der Waals surface area contributed by atoms with Crippen LogP contribution in [0.5, 0.6) is 0 Å². The molecule has 1 aliphatic heterocycles. The highest BCUT2D eigenvalue weighted by atomic mass is 16.3. The number of nitrogens with one attached hydrogen (secondary N) is 9. The van der Waals surface area contributed by atoms with Crippen LogP contribution >= 0.6 is 0 Å². The second kappa shape index (κ2) is 28.1. The number of hydrogen-bond acceptors (Lipinski definition) is 14. The van der Waals surface area contributed by atoms with Crippen LogP contribution in [0.1, 0.15) is 71.8 Å². The first-order valence-electron chi connectivity index (χ1n) is 21.5. The van der Waals surface area contributed by atoms with E-state index in [1.807, 2.05) is 13.8 Å². The first-order chi connectivity index (χ1) is 30.3. The van der Waals surface area contributed by atoms with Crippen molar-refractivity contribution >= 4 is 53.2 Å². The molecule has 1 saturated heterocycles. The number of carbonyl (C=O) groups is 9. The molecule has 0 radical (unpaired) electrons. The van der Waals surface area contributed by atoms with Crippen molar-refractivity contribution in [2.24, 2.45) is 28.9 Å². The second-order valence-electron chi connectivity index (χ2n) is 16.1. The van der Waals surface area contributed by atoms with Crippen LogP contribution in [0, 0.1) is 5.92 Å². The summed E-state index contributed by atoms with van der Waals surface area (Å²) in [5.41, 5.74) is 23.8. The Balaban J connectivity index is 2.72. The Bertz CT molecular complexity index is 1730. The quantitative estimate of drug-likeness (QED) is 0.0736. The van der Waals surface area contributed by atoms with Crippen LogP contribution in [-0.4, -0.2) is 145 Å². The summed E-state index contributed by atoms with van der Waals surface area (Å²) in [4.78, 5) is 122. The molecule has 23 nitrogen and oxygen atoms in total. The maximum absolute atomic E-state index is 14.2. The van der Waals surface area contributed by atoms with Crippen LogP contribution in [0.2, 0.25) is 0 Å². The number of rotatable bonds is 16. The fourth-order valence-corrected chi connectivity index (χ4v) is 6.76.